The number of carbonyl (C=O) groups is 2. The fraction of sp³-hybridized carbons (Fsp3) is 0.400. The zero-order chi connectivity index (χ0) is 15.9. The first-order valence-corrected chi connectivity index (χ1v) is 6.85. The molecule has 0 spiro atoms. The third-order valence-corrected chi connectivity index (χ3v) is 3.32. The van der Waals surface area contributed by atoms with Crippen molar-refractivity contribution in [1.82, 2.24) is 10.2 Å². The van der Waals surface area contributed by atoms with Crippen molar-refractivity contribution in [1.29, 1.82) is 5.26 Å². The van der Waals surface area contributed by atoms with E-state index in [1.54, 1.807) is 31.4 Å². The van der Waals surface area contributed by atoms with Crippen molar-refractivity contribution < 1.29 is 19.1 Å². The van der Waals surface area contributed by atoms with E-state index in [1.807, 2.05) is 6.07 Å². The van der Waals surface area contributed by atoms with E-state index in [-0.39, 0.29) is 19.1 Å². The Hall–Kier alpha value is -2.59. The average molecular weight is 303 g/mol. The Bertz CT molecular complexity index is 579. The molecule has 1 aliphatic rings. The SMILES string of the molecule is COCCNC(=O)[C@@H]1COC(=O)N1Cc1ccc(C#N)cc1. The summed E-state index contributed by atoms with van der Waals surface area (Å²) < 4.78 is 9.83. The zero-order valence-corrected chi connectivity index (χ0v) is 12.2. The van der Waals surface area contributed by atoms with Gasteiger partial charge >= 0.3 is 6.09 Å². The Kier molecular flexibility index (Phi) is 5.33. The van der Waals surface area contributed by atoms with E-state index in [4.69, 9.17) is 14.7 Å². The number of methoxy groups -OCH3 is 1. The van der Waals surface area contributed by atoms with Crippen LogP contribution in [-0.4, -0.2) is 49.8 Å². The van der Waals surface area contributed by atoms with Crippen LogP contribution < -0.4 is 5.32 Å². The fourth-order valence-electron chi connectivity index (χ4n) is 2.12. The summed E-state index contributed by atoms with van der Waals surface area (Å²) in [6.45, 7) is 1.08. The topological polar surface area (TPSA) is 91.7 Å². The lowest BCUT2D eigenvalue weighted by Crippen LogP contribution is -2.46. The first-order valence-electron chi connectivity index (χ1n) is 6.85. The molecule has 1 atom stereocenters. The van der Waals surface area contributed by atoms with Gasteiger partial charge in [0, 0.05) is 13.7 Å². The number of hydrogen-bond acceptors (Lipinski definition) is 5. The van der Waals surface area contributed by atoms with E-state index in [0.717, 1.165) is 5.56 Å². The van der Waals surface area contributed by atoms with Crippen LogP contribution in [0.1, 0.15) is 11.1 Å². The Balaban J connectivity index is 2.01. The fourth-order valence-corrected chi connectivity index (χ4v) is 2.12. The van der Waals surface area contributed by atoms with E-state index in [2.05, 4.69) is 5.32 Å². The van der Waals surface area contributed by atoms with Gasteiger partial charge in [-0.2, -0.15) is 5.26 Å². The molecule has 1 aromatic carbocycles. The molecule has 2 rings (SSSR count). The number of carbonyl (C=O) groups excluding carboxylic acids is 2. The molecule has 1 aromatic rings. The lowest BCUT2D eigenvalue weighted by Gasteiger charge is -2.20. The highest BCUT2D eigenvalue weighted by Gasteiger charge is 2.37. The molecular formula is C15H17N3O4. The quantitative estimate of drug-likeness (QED) is 0.779. The summed E-state index contributed by atoms with van der Waals surface area (Å²) in [4.78, 5) is 25.3. The number of cyclic esters (lactones) is 1. The van der Waals surface area contributed by atoms with Crippen LogP contribution in [-0.2, 0) is 20.8 Å². The number of amides is 2. The lowest BCUT2D eigenvalue weighted by atomic mass is 10.1. The predicted octanol–water partition coefficient (Wildman–Crippen LogP) is 0.642. The van der Waals surface area contributed by atoms with Gasteiger partial charge in [0.2, 0.25) is 5.91 Å². The van der Waals surface area contributed by atoms with E-state index < -0.39 is 12.1 Å². The minimum atomic E-state index is -0.653. The van der Waals surface area contributed by atoms with Crippen LogP contribution in [0.5, 0.6) is 0 Å². The smallest absolute Gasteiger partial charge is 0.410 e. The van der Waals surface area contributed by atoms with Crippen molar-refractivity contribution in [2.45, 2.75) is 12.6 Å². The highest BCUT2D eigenvalue weighted by Crippen LogP contribution is 2.17. The Morgan fingerprint density at radius 1 is 1.50 bits per heavy atom. The Morgan fingerprint density at radius 3 is 2.86 bits per heavy atom. The van der Waals surface area contributed by atoms with E-state index in [0.29, 0.717) is 18.7 Å². The van der Waals surface area contributed by atoms with Gasteiger partial charge in [-0.1, -0.05) is 12.1 Å². The van der Waals surface area contributed by atoms with Crippen LogP contribution in [0.15, 0.2) is 24.3 Å². The summed E-state index contributed by atoms with van der Waals surface area (Å²) in [7, 11) is 1.55. The van der Waals surface area contributed by atoms with Crippen molar-refractivity contribution in [3.63, 3.8) is 0 Å². The number of ether oxygens (including phenoxy) is 2. The van der Waals surface area contributed by atoms with Gasteiger partial charge in [0.05, 0.1) is 24.8 Å². The molecule has 22 heavy (non-hydrogen) atoms. The van der Waals surface area contributed by atoms with Crippen LogP contribution in [0.4, 0.5) is 4.79 Å². The number of nitrogens with zero attached hydrogens (tertiary/aromatic N) is 2. The number of hydrogen-bond donors (Lipinski definition) is 1. The minimum Gasteiger partial charge on any atom is -0.447 e. The molecule has 0 saturated carbocycles. The highest BCUT2D eigenvalue weighted by molar-refractivity contribution is 5.87. The second-order valence-corrected chi connectivity index (χ2v) is 4.81. The summed E-state index contributed by atoms with van der Waals surface area (Å²) >= 11 is 0. The average Bonchev–Trinajstić information content (AvgIpc) is 2.89. The van der Waals surface area contributed by atoms with Gasteiger partial charge in [0.1, 0.15) is 12.6 Å². The van der Waals surface area contributed by atoms with Gasteiger partial charge in [0.25, 0.3) is 0 Å². The maximum absolute atomic E-state index is 12.1. The lowest BCUT2D eigenvalue weighted by molar-refractivity contribution is -0.125. The maximum Gasteiger partial charge on any atom is 0.410 e. The van der Waals surface area contributed by atoms with Crippen molar-refractivity contribution in [3.8, 4) is 6.07 Å². The molecule has 1 fully saturated rings. The Morgan fingerprint density at radius 2 is 2.23 bits per heavy atom. The third-order valence-electron chi connectivity index (χ3n) is 3.32. The second-order valence-electron chi connectivity index (χ2n) is 4.81. The summed E-state index contributed by atoms with van der Waals surface area (Å²) in [5, 5.41) is 11.5. The van der Waals surface area contributed by atoms with Crippen molar-refractivity contribution in [3.05, 3.63) is 35.4 Å². The van der Waals surface area contributed by atoms with Crippen LogP contribution in [0.2, 0.25) is 0 Å². The van der Waals surface area contributed by atoms with Crippen molar-refractivity contribution >= 4 is 12.0 Å². The summed E-state index contributed by atoms with van der Waals surface area (Å²) in [5.74, 6) is -0.267. The summed E-state index contributed by atoms with van der Waals surface area (Å²) in [5.41, 5.74) is 1.37. The number of nitriles is 1. The van der Waals surface area contributed by atoms with Crippen LogP contribution in [0, 0.1) is 11.3 Å². The summed E-state index contributed by atoms with van der Waals surface area (Å²) in [6.07, 6.45) is -0.517. The van der Waals surface area contributed by atoms with Gasteiger partial charge in [0.15, 0.2) is 0 Å². The van der Waals surface area contributed by atoms with Crippen LogP contribution in [0.25, 0.3) is 0 Å². The molecule has 7 nitrogen and oxygen atoms in total. The molecule has 116 valence electrons. The van der Waals surface area contributed by atoms with Gasteiger partial charge in [-0.3, -0.25) is 9.69 Å². The summed E-state index contributed by atoms with van der Waals surface area (Å²) in [6, 6.07) is 8.23. The van der Waals surface area contributed by atoms with Gasteiger partial charge < -0.3 is 14.8 Å². The Labute approximate surface area is 128 Å². The number of benzene rings is 1. The van der Waals surface area contributed by atoms with E-state index >= 15 is 0 Å². The molecule has 1 heterocycles. The monoisotopic (exact) mass is 303 g/mol. The molecule has 2 amide bonds. The minimum absolute atomic E-state index is 0.0356. The largest absolute Gasteiger partial charge is 0.447 e. The molecule has 0 aromatic heterocycles. The molecule has 0 radical (unpaired) electrons. The zero-order valence-electron chi connectivity index (χ0n) is 12.2. The predicted molar refractivity (Wildman–Crippen MR) is 76.7 cm³/mol. The van der Waals surface area contributed by atoms with Crippen molar-refractivity contribution in [2.24, 2.45) is 0 Å². The molecule has 1 N–H and O–H groups in total. The first-order chi connectivity index (χ1) is 10.7. The molecule has 0 bridgehead atoms. The van der Waals surface area contributed by atoms with E-state index in [9.17, 15) is 9.59 Å². The molecule has 7 heteroatoms. The van der Waals surface area contributed by atoms with E-state index in [1.165, 1.54) is 4.90 Å². The maximum atomic E-state index is 12.1. The molecule has 1 saturated heterocycles. The molecule has 0 unspecified atom stereocenters. The molecule has 0 aliphatic carbocycles. The molecule has 1 aliphatic heterocycles. The third kappa shape index (κ3) is 3.74. The molecular weight excluding hydrogens is 286 g/mol. The highest BCUT2D eigenvalue weighted by atomic mass is 16.6. The van der Waals surface area contributed by atoms with Crippen LogP contribution >= 0.6 is 0 Å². The normalized spacial score (nSPS) is 17.0. The van der Waals surface area contributed by atoms with Gasteiger partial charge in [-0.25, -0.2) is 4.79 Å². The standard InChI is InChI=1S/C15H17N3O4/c1-21-7-6-17-14(19)13-10-22-15(20)18(13)9-12-4-2-11(8-16)3-5-12/h2-5,13H,6-7,9-10H2,1H3,(H,17,19)/t13-/m0/s1. The van der Waals surface area contributed by atoms with Gasteiger partial charge in [-0.05, 0) is 17.7 Å². The van der Waals surface area contributed by atoms with Crippen LogP contribution in [0.3, 0.4) is 0 Å². The second kappa shape index (κ2) is 7.43. The first kappa shape index (κ1) is 15.8. The van der Waals surface area contributed by atoms with Crippen molar-refractivity contribution in [2.75, 3.05) is 26.9 Å². The van der Waals surface area contributed by atoms with Gasteiger partial charge in [-0.15, -0.1) is 0 Å². The number of rotatable bonds is 6. The number of nitrogens with one attached hydrogen (secondary N) is 1.